The number of hydrogen-bond donors (Lipinski definition) is 2. The van der Waals surface area contributed by atoms with E-state index in [4.69, 9.17) is 5.73 Å². The number of nitrogen functional groups attached to an aromatic ring is 1. The molecule has 0 aliphatic rings. The number of nitrogens with one attached hydrogen (secondary N) is 1. The van der Waals surface area contributed by atoms with Gasteiger partial charge in [-0.1, -0.05) is 13.8 Å². The Bertz CT molecular complexity index is 417. The molecular formula is C12H21N5O. The monoisotopic (exact) mass is 251 g/mol. The summed E-state index contributed by atoms with van der Waals surface area (Å²) in [7, 11) is 4.01. The van der Waals surface area contributed by atoms with E-state index in [1.807, 2.05) is 14.1 Å². The second-order valence-electron chi connectivity index (χ2n) is 5.41. The Morgan fingerprint density at radius 3 is 2.67 bits per heavy atom. The maximum Gasteiger partial charge on any atom is 0.271 e. The highest BCUT2D eigenvalue weighted by Crippen LogP contribution is 2.14. The normalized spacial score (nSPS) is 11.6. The van der Waals surface area contributed by atoms with Crippen molar-refractivity contribution in [3.63, 3.8) is 0 Å². The highest BCUT2D eigenvalue weighted by molar-refractivity contribution is 5.92. The molecule has 0 radical (unpaired) electrons. The Morgan fingerprint density at radius 1 is 1.44 bits per heavy atom. The van der Waals surface area contributed by atoms with Crippen molar-refractivity contribution in [2.75, 3.05) is 32.9 Å². The van der Waals surface area contributed by atoms with Gasteiger partial charge in [0.2, 0.25) is 0 Å². The molecule has 0 aromatic carbocycles. The van der Waals surface area contributed by atoms with Crippen molar-refractivity contribution in [3.05, 3.63) is 18.1 Å². The topological polar surface area (TPSA) is 84.1 Å². The molecule has 3 N–H and O–H groups in total. The maximum atomic E-state index is 11.8. The Morgan fingerprint density at radius 2 is 2.11 bits per heavy atom. The van der Waals surface area contributed by atoms with E-state index in [0.717, 1.165) is 6.54 Å². The van der Waals surface area contributed by atoms with Crippen LogP contribution in [0.5, 0.6) is 0 Å². The van der Waals surface area contributed by atoms with Crippen LogP contribution >= 0.6 is 0 Å². The lowest BCUT2D eigenvalue weighted by atomic mass is 9.93. The molecule has 1 rings (SSSR count). The van der Waals surface area contributed by atoms with Crippen molar-refractivity contribution < 1.29 is 4.79 Å². The first-order valence-corrected chi connectivity index (χ1v) is 5.81. The summed E-state index contributed by atoms with van der Waals surface area (Å²) in [4.78, 5) is 21.7. The fraction of sp³-hybridized carbons (Fsp3) is 0.583. The third-order valence-electron chi connectivity index (χ3n) is 2.36. The molecule has 0 aliphatic heterocycles. The van der Waals surface area contributed by atoms with Gasteiger partial charge in [0.05, 0.1) is 12.4 Å². The van der Waals surface area contributed by atoms with E-state index < -0.39 is 0 Å². The first-order valence-electron chi connectivity index (χ1n) is 5.81. The lowest BCUT2D eigenvalue weighted by molar-refractivity contribution is 0.0924. The van der Waals surface area contributed by atoms with Crippen molar-refractivity contribution in [2.45, 2.75) is 13.8 Å². The Kier molecular flexibility index (Phi) is 4.61. The van der Waals surface area contributed by atoms with E-state index in [0.29, 0.717) is 6.54 Å². The van der Waals surface area contributed by atoms with E-state index >= 15 is 0 Å². The number of nitrogens with zero attached hydrogens (tertiary/aromatic N) is 3. The summed E-state index contributed by atoms with van der Waals surface area (Å²) in [5.41, 5.74) is 5.72. The van der Waals surface area contributed by atoms with Crippen molar-refractivity contribution >= 4 is 11.7 Å². The fourth-order valence-electron chi connectivity index (χ4n) is 1.81. The molecule has 18 heavy (non-hydrogen) atoms. The molecule has 0 atom stereocenters. The summed E-state index contributed by atoms with van der Waals surface area (Å²) in [6.07, 6.45) is 2.82. The molecule has 1 aromatic rings. The number of rotatable bonds is 5. The van der Waals surface area contributed by atoms with E-state index in [1.165, 1.54) is 12.4 Å². The highest BCUT2D eigenvalue weighted by atomic mass is 16.1. The first kappa shape index (κ1) is 14.4. The van der Waals surface area contributed by atoms with Crippen LogP contribution in [0.1, 0.15) is 24.3 Å². The summed E-state index contributed by atoms with van der Waals surface area (Å²) < 4.78 is 0. The van der Waals surface area contributed by atoms with Crippen LogP contribution in [0.3, 0.4) is 0 Å². The minimum Gasteiger partial charge on any atom is -0.382 e. The van der Waals surface area contributed by atoms with Gasteiger partial charge in [0.15, 0.2) is 0 Å². The molecule has 6 nitrogen and oxygen atoms in total. The van der Waals surface area contributed by atoms with Gasteiger partial charge in [-0.25, -0.2) is 4.98 Å². The molecule has 0 unspecified atom stereocenters. The van der Waals surface area contributed by atoms with Gasteiger partial charge in [-0.05, 0) is 19.5 Å². The number of amides is 1. The molecule has 0 saturated carbocycles. The number of anilines is 1. The Labute approximate surface area is 108 Å². The molecule has 0 bridgehead atoms. The van der Waals surface area contributed by atoms with Gasteiger partial charge in [-0.3, -0.25) is 9.78 Å². The molecular weight excluding hydrogens is 230 g/mol. The second-order valence-corrected chi connectivity index (χ2v) is 5.41. The van der Waals surface area contributed by atoms with Crippen LogP contribution < -0.4 is 11.1 Å². The van der Waals surface area contributed by atoms with Gasteiger partial charge < -0.3 is 16.0 Å². The summed E-state index contributed by atoms with van der Waals surface area (Å²) in [6.45, 7) is 5.65. The number of nitrogens with two attached hydrogens (primary N) is 1. The number of aromatic nitrogens is 2. The van der Waals surface area contributed by atoms with Crippen LogP contribution in [0.4, 0.5) is 5.82 Å². The summed E-state index contributed by atoms with van der Waals surface area (Å²) in [5, 5.41) is 2.85. The average Bonchev–Trinajstić information content (AvgIpc) is 2.24. The molecule has 1 heterocycles. The summed E-state index contributed by atoms with van der Waals surface area (Å²) in [6, 6.07) is 0. The highest BCUT2D eigenvalue weighted by Gasteiger charge is 2.20. The first-order chi connectivity index (χ1) is 8.30. The molecule has 0 spiro atoms. The van der Waals surface area contributed by atoms with Gasteiger partial charge in [0.25, 0.3) is 5.91 Å². The summed E-state index contributed by atoms with van der Waals surface area (Å²) >= 11 is 0. The van der Waals surface area contributed by atoms with Crippen LogP contribution in [0.2, 0.25) is 0 Å². The minimum atomic E-state index is -0.248. The smallest absolute Gasteiger partial charge is 0.271 e. The molecule has 1 amide bonds. The zero-order valence-electron chi connectivity index (χ0n) is 11.4. The van der Waals surface area contributed by atoms with Crippen molar-refractivity contribution in [1.82, 2.24) is 20.2 Å². The number of carbonyl (C=O) groups excluding carboxylic acids is 1. The van der Waals surface area contributed by atoms with E-state index in [1.54, 1.807) is 0 Å². The van der Waals surface area contributed by atoms with Crippen molar-refractivity contribution in [3.8, 4) is 0 Å². The predicted molar refractivity (Wildman–Crippen MR) is 71.1 cm³/mol. The van der Waals surface area contributed by atoms with Gasteiger partial charge in [-0.15, -0.1) is 0 Å². The van der Waals surface area contributed by atoms with E-state index in [2.05, 4.69) is 34.0 Å². The van der Waals surface area contributed by atoms with Gasteiger partial charge >= 0.3 is 0 Å². The van der Waals surface area contributed by atoms with Crippen molar-refractivity contribution in [2.24, 2.45) is 5.41 Å². The van der Waals surface area contributed by atoms with Crippen LogP contribution in [0.25, 0.3) is 0 Å². The number of hydrogen-bond acceptors (Lipinski definition) is 5. The van der Waals surface area contributed by atoms with Crippen LogP contribution in [-0.2, 0) is 0 Å². The Hall–Kier alpha value is -1.69. The second kappa shape index (κ2) is 5.77. The number of carbonyl (C=O) groups is 1. The fourth-order valence-corrected chi connectivity index (χ4v) is 1.81. The molecule has 0 aliphatic carbocycles. The van der Waals surface area contributed by atoms with Gasteiger partial charge in [0, 0.05) is 13.1 Å². The standard InChI is InChI=1S/C12H21N5O/c1-12(2,8-17(3)4)7-15-11(18)9-5-14-6-10(13)16-9/h5-6H,7-8H2,1-4H3,(H2,13,16)(H,15,18). The molecule has 1 aromatic heterocycles. The minimum absolute atomic E-state index is 0.00703. The van der Waals surface area contributed by atoms with Crippen LogP contribution in [0.15, 0.2) is 12.4 Å². The van der Waals surface area contributed by atoms with Gasteiger partial charge in [0.1, 0.15) is 11.5 Å². The van der Waals surface area contributed by atoms with E-state index in [-0.39, 0.29) is 22.8 Å². The zero-order chi connectivity index (χ0) is 13.8. The van der Waals surface area contributed by atoms with E-state index in [9.17, 15) is 4.79 Å². The SMILES string of the molecule is CN(C)CC(C)(C)CNC(=O)c1cncc(N)n1. The van der Waals surface area contributed by atoms with Gasteiger partial charge in [-0.2, -0.15) is 0 Å². The molecule has 100 valence electrons. The zero-order valence-corrected chi connectivity index (χ0v) is 11.4. The average molecular weight is 251 g/mol. The third-order valence-corrected chi connectivity index (χ3v) is 2.36. The predicted octanol–water partition coefficient (Wildman–Crippen LogP) is 0.376. The van der Waals surface area contributed by atoms with Crippen molar-refractivity contribution in [1.29, 1.82) is 0 Å². The van der Waals surface area contributed by atoms with Crippen LogP contribution in [-0.4, -0.2) is 48.0 Å². The largest absolute Gasteiger partial charge is 0.382 e. The molecule has 0 saturated heterocycles. The van der Waals surface area contributed by atoms with Crippen LogP contribution in [0, 0.1) is 5.41 Å². The lowest BCUT2D eigenvalue weighted by Crippen LogP contribution is -2.40. The quantitative estimate of drug-likeness (QED) is 0.790. The Balaban J connectivity index is 2.56. The molecule has 6 heteroatoms. The maximum absolute atomic E-state index is 11.8. The molecule has 0 fully saturated rings. The lowest BCUT2D eigenvalue weighted by Gasteiger charge is -2.28. The third kappa shape index (κ3) is 4.67. The summed E-state index contributed by atoms with van der Waals surface area (Å²) in [5.74, 6) is -0.00293.